The number of amides is 1. The molecule has 0 heterocycles. The Kier molecular flexibility index (Phi) is 5.22. The van der Waals surface area contributed by atoms with Crippen LogP contribution in [0.4, 0.5) is 5.69 Å². The SMILES string of the molecule is O=C(CNc1ccccc1Cl)NN=Cc1c2ccccc2cc2ccccc12. The molecule has 1 amide bonds. The average Bonchev–Trinajstić information content (AvgIpc) is 2.72. The van der Waals surface area contributed by atoms with Crippen LogP contribution in [0.2, 0.25) is 5.02 Å². The van der Waals surface area contributed by atoms with Crippen molar-refractivity contribution in [3.05, 3.63) is 89.4 Å². The van der Waals surface area contributed by atoms with Crippen LogP contribution in [0, 0.1) is 0 Å². The molecule has 138 valence electrons. The third-order valence-electron chi connectivity index (χ3n) is 4.51. The number of rotatable bonds is 5. The quantitative estimate of drug-likeness (QED) is 0.280. The summed E-state index contributed by atoms with van der Waals surface area (Å²) in [5.41, 5.74) is 4.27. The zero-order valence-electron chi connectivity index (χ0n) is 15.0. The van der Waals surface area contributed by atoms with Gasteiger partial charge in [0.15, 0.2) is 0 Å². The van der Waals surface area contributed by atoms with Crippen molar-refractivity contribution in [2.75, 3.05) is 11.9 Å². The first kappa shape index (κ1) is 18.0. The second kappa shape index (κ2) is 8.11. The van der Waals surface area contributed by atoms with Crippen molar-refractivity contribution < 1.29 is 4.79 Å². The molecule has 4 nitrogen and oxygen atoms in total. The Labute approximate surface area is 167 Å². The van der Waals surface area contributed by atoms with E-state index in [-0.39, 0.29) is 12.5 Å². The first-order valence-electron chi connectivity index (χ1n) is 8.93. The first-order valence-corrected chi connectivity index (χ1v) is 9.31. The number of carbonyl (C=O) groups is 1. The maximum atomic E-state index is 12.1. The number of nitrogens with zero attached hydrogens (tertiary/aromatic N) is 1. The van der Waals surface area contributed by atoms with Gasteiger partial charge in [-0.15, -0.1) is 0 Å². The zero-order chi connectivity index (χ0) is 19.3. The number of anilines is 1. The lowest BCUT2D eigenvalue weighted by Gasteiger charge is -2.08. The summed E-state index contributed by atoms with van der Waals surface area (Å²) >= 11 is 6.08. The van der Waals surface area contributed by atoms with E-state index in [9.17, 15) is 4.79 Å². The normalized spacial score (nSPS) is 11.2. The van der Waals surface area contributed by atoms with Crippen LogP contribution >= 0.6 is 11.6 Å². The Morgan fingerprint density at radius 1 is 0.893 bits per heavy atom. The second-order valence-electron chi connectivity index (χ2n) is 6.36. The van der Waals surface area contributed by atoms with E-state index < -0.39 is 0 Å². The number of hydrogen-bond donors (Lipinski definition) is 2. The number of para-hydroxylation sites is 1. The van der Waals surface area contributed by atoms with Gasteiger partial charge in [-0.1, -0.05) is 72.3 Å². The van der Waals surface area contributed by atoms with Crippen molar-refractivity contribution in [2.45, 2.75) is 0 Å². The number of halogens is 1. The minimum absolute atomic E-state index is 0.0807. The number of hydrogen-bond acceptors (Lipinski definition) is 3. The van der Waals surface area contributed by atoms with Gasteiger partial charge in [-0.3, -0.25) is 4.79 Å². The van der Waals surface area contributed by atoms with E-state index in [4.69, 9.17) is 11.6 Å². The third-order valence-corrected chi connectivity index (χ3v) is 4.84. The molecule has 5 heteroatoms. The van der Waals surface area contributed by atoms with Gasteiger partial charge in [-0.2, -0.15) is 5.10 Å². The number of nitrogens with one attached hydrogen (secondary N) is 2. The van der Waals surface area contributed by atoms with Crippen LogP contribution in [0.1, 0.15) is 5.56 Å². The predicted octanol–water partition coefficient (Wildman–Crippen LogP) is 5.21. The van der Waals surface area contributed by atoms with Gasteiger partial charge in [-0.05, 0) is 39.7 Å². The molecule has 4 rings (SSSR count). The Hall–Kier alpha value is -3.37. The highest BCUT2D eigenvalue weighted by atomic mass is 35.5. The van der Waals surface area contributed by atoms with Gasteiger partial charge in [0.05, 0.1) is 23.5 Å². The molecule has 0 spiro atoms. The lowest BCUT2D eigenvalue weighted by molar-refractivity contribution is -0.119. The number of hydrazone groups is 1. The standard InChI is InChI=1S/C23H18ClN3O/c24-21-11-5-6-12-22(21)25-15-23(28)27-26-14-20-18-9-3-1-7-16(18)13-17-8-2-4-10-19(17)20/h1-14,25H,15H2,(H,27,28). The maximum Gasteiger partial charge on any atom is 0.259 e. The highest BCUT2D eigenvalue weighted by Gasteiger charge is 2.06. The highest BCUT2D eigenvalue weighted by Crippen LogP contribution is 2.27. The predicted molar refractivity (Wildman–Crippen MR) is 117 cm³/mol. The van der Waals surface area contributed by atoms with Crippen LogP contribution in [-0.2, 0) is 4.79 Å². The van der Waals surface area contributed by atoms with E-state index in [1.165, 1.54) is 0 Å². The molecule has 0 aromatic heterocycles. The minimum atomic E-state index is -0.249. The van der Waals surface area contributed by atoms with Crippen molar-refractivity contribution in [1.29, 1.82) is 0 Å². The van der Waals surface area contributed by atoms with Gasteiger partial charge in [0.1, 0.15) is 0 Å². The molecule has 0 saturated heterocycles. The third kappa shape index (κ3) is 3.82. The van der Waals surface area contributed by atoms with Gasteiger partial charge in [0.25, 0.3) is 5.91 Å². The monoisotopic (exact) mass is 387 g/mol. The summed E-state index contributed by atoms with van der Waals surface area (Å²) in [6, 6.07) is 25.7. The summed E-state index contributed by atoms with van der Waals surface area (Å²) in [5.74, 6) is -0.249. The van der Waals surface area contributed by atoms with Crippen molar-refractivity contribution in [2.24, 2.45) is 5.10 Å². The van der Waals surface area contributed by atoms with Crippen molar-refractivity contribution >= 4 is 51.0 Å². The maximum absolute atomic E-state index is 12.1. The zero-order valence-corrected chi connectivity index (χ0v) is 15.8. The smallest absolute Gasteiger partial charge is 0.259 e. The minimum Gasteiger partial charge on any atom is -0.375 e. The average molecular weight is 388 g/mol. The van der Waals surface area contributed by atoms with Crippen molar-refractivity contribution in [3.63, 3.8) is 0 Å². The fourth-order valence-electron chi connectivity index (χ4n) is 3.18. The summed E-state index contributed by atoms with van der Waals surface area (Å²) in [6.07, 6.45) is 1.71. The molecule has 0 aliphatic rings. The van der Waals surface area contributed by atoms with Crippen LogP contribution in [0.3, 0.4) is 0 Å². The van der Waals surface area contributed by atoms with Gasteiger partial charge in [-0.25, -0.2) is 5.43 Å². The van der Waals surface area contributed by atoms with Gasteiger partial charge < -0.3 is 5.32 Å². The molecular formula is C23H18ClN3O. The lowest BCUT2D eigenvalue weighted by Crippen LogP contribution is -2.26. The van der Waals surface area contributed by atoms with E-state index in [0.29, 0.717) is 10.7 Å². The van der Waals surface area contributed by atoms with E-state index >= 15 is 0 Å². The molecule has 0 saturated carbocycles. The topological polar surface area (TPSA) is 53.5 Å². The van der Waals surface area contributed by atoms with E-state index in [0.717, 1.165) is 27.1 Å². The Morgan fingerprint density at radius 2 is 1.50 bits per heavy atom. The van der Waals surface area contributed by atoms with Crippen molar-refractivity contribution in [3.8, 4) is 0 Å². The Bertz CT molecular complexity index is 1130. The van der Waals surface area contributed by atoms with E-state index in [1.807, 2.05) is 42.5 Å². The van der Waals surface area contributed by atoms with Crippen LogP contribution in [-0.4, -0.2) is 18.7 Å². The molecule has 0 aliphatic heterocycles. The van der Waals surface area contributed by atoms with Crippen LogP contribution in [0.15, 0.2) is 84.0 Å². The molecule has 0 radical (unpaired) electrons. The fraction of sp³-hybridized carbons (Fsp3) is 0.0435. The molecule has 28 heavy (non-hydrogen) atoms. The van der Waals surface area contributed by atoms with E-state index in [2.05, 4.69) is 46.2 Å². The molecule has 0 fully saturated rings. The van der Waals surface area contributed by atoms with Gasteiger partial charge in [0, 0.05) is 5.56 Å². The summed E-state index contributed by atoms with van der Waals surface area (Å²) in [6.45, 7) is 0.0807. The Morgan fingerprint density at radius 3 is 2.18 bits per heavy atom. The van der Waals surface area contributed by atoms with Crippen LogP contribution in [0.5, 0.6) is 0 Å². The molecule has 4 aromatic rings. The summed E-state index contributed by atoms with van der Waals surface area (Å²) in [4.78, 5) is 12.1. The molecular weight excluding hydrogens is 370 g/mol. The van der Waals surface area contributed by atoms with Crippen LogP contribution < -0.4 is 10.7 Å². The largest absolute Gasteiger partial charge is 0.375 e. The number of carbonyl (C=O) groups excluding carboxylic acids is 1. The number of benzene rings is 4. The van der Waals surface area contributed by atoms with Crippen molar-refractivity contribution in [1.82, 2.24) is 5.43 Å². The second-order valence-corrected chi connectivity index (χ2v) is 6.77. The lowest BCUT2D eigenvalue weighted by atomic mass is 9.97. The molecule has 0 aliphatic carbocycles. The fourth-order valence-corrected chi connectivity index (χ4v) is 3.38. The van der Waals surface area contributed by atoms with Crippen LogP contribution in [0.25, 0.3) is 21.5 Å². The summed E-state index contributed by atoms with van der Waals surface area (Å²) in [7, 11) is 0. The molecule has 0 unspecified atom stereocenters. The summed E-state index contributed by atoms with van der Waals surface area (Å²) in [5, 5.41) is 12.2. The summed E-state index contributed by atoms with van der Waals surface area (Å²) < 4.78 is 0. The van der Waals surface area contributed by atoms with E-state index in [1.54, 1.807) is 12.3 Å². The Balaban J connectivity index is 1.53. The molecule has 2 N–H and O–H groups in total. The molecule has 0 atom stereocenters. The number of fused-ring (bicyclic) bond motifs is 2. The molecule has 4 aromatic carbocycles. The highest BCUT2D eigenvalue weighted by molar-refractivity contribution is 6.33. The van der Waals surface area contributed by atoms with Gasteiger partial charge in [0.2, 0.25) is 0 Å². The van der Waals surface area contributed by atoms with Gasteiger partial charge >= 0.3 is 0 Å². The molecule has 0 bridgehead atoms. The first-order chi connectivity index (χ1) is 13.7.